The van der Waals surface area contributed by atoms with Gasteiger partial charge < -0.3 is 20.7 Å². The van der Waals surface area contributed by atoms with E-state index in [1.807, 2.05) is 13.8 Å². The lowest BCUT2D eigenvalue weighted by atomic mass is 10.2. The largest absolute Gasteiger partial charge is 0.366 e. The maximum absolute atomic E-state index is 11.8. The summed E-state index contributed by atoms with van der Waals surface area (Å²) in [5, 5.41) is 8.56. The number of hydrogen-bond acceptors (Lipinski definition) is 4. The molecular weight excluding hydrogens is 270 g/mol. The van der Waals surface area contributed by atoms with Crippen LogP contribution in [0.4, 0.5) is 0 Å². The second kappa shape index (κ2) is 9.12. The van der Waals surface area contributed by atoms with Crippen LogP contribution in [-0.4, -0.2) is 49.7 Å². The summed E-state index contributed by atoms with van der Waals surface area (Å²) in [6.45, 7) is 7.37. The van der Waals surface area contributed by atoms with Gasteiger partial charge in [0.15, 0.2) is 0 Å². The Kier molecular flexibility index (Phi) is 8.71. The van der Waals surface area contributed by atoms with Gasteiger partial charge in [0.05, 0.1) is 6.61 Å². The molecule has 1 heterocycles. The Hall–Kier alpha value is -0.850. The molecule has 0 saturated carbocycles. The first-order chi connectivity index (χ1) is 8.54. The van der Waals surface area contributed by atoms with Crippen molar-refractivity contribution in [2.45, 2.75) is 45.4 Å². The average molecular weight is 294 g/mol. The van der Waals surface area contributed by atoms with Crippen molar-refractivity contribution in [3.8, 4) is 0 Å². The standard InChI is InChI=1S/C12H23N3O3.ClH/c1-4-8(2)14-11(16)9(3)15-12(17)10-7-13-5-6-18-10;/h8-10,13H,4-7H2,1-3H3,(H,14,16)(H,15,17);1H. The third-order valence-corrected chi connectivity index (χ3v) is 2.97. The number of carbonyl (C=O) groups excluding carboxylic acids is 2. The van der Waals surface area contributed by atoms with Crippen molar-refractivity contribution in [3.05, 3.63) is 0 Å². The second-order valence-corrected chi connectivity index (χ2v) is 4.61. The number of ether oxygens (including phenoxy) is 1. The highest BCUT2D eigenvalue weighted by molar-refractivity contribution is 5.89. The van der Waals surface area contributed by atoms with E-state index in [2.05, 4.69) is 16.0 Å². The zero-order valence-electron chi connectivity index (χ0n) is 11.7. The van der Waals surface area contributed by atoms with Crippen LogP contribution in [0.3, 0.4) is 0 Å². The van der Waals surface area contributed by atoms with Gasteiger partial charge in [0.1, 0.15) is 12.1 Å². The third-order valence-electron chi connectivity index (χ3n) is 2.97. The molecule has 0 aromatic carbocycles. The molecule has 3 atom stereocenters. The van der Waals surface area contributed by atoms with E-state index in [1.165, 1.54) is 0 Å². The SMILES string of the molecule is CCC(C)NC(=O)C(C)NC(=O)C1CNCCO1.Cl. The van der Waals surface area contributed by atoms with Crippen molar-refractivity contribution >= 4 is 24.2 Å². The van der Waals surface area contributed by atoms with Crippen LogP contribution in [0.5, 0.6) is 0 Å². The van der Waals surface area contributed by atoms with Crippen molar-refractivity contribution in [1.29, 1.82) is 0 Å². The molecule has 112 valence electrons. The monoisotopic (exact) mass is 293 g/mol. The van der Waals surface area contributed by atoms with E-state index >= 15 is 0 Å². The molecule has 0 bridgehead atoms. The van der Waals surface area contributed by atoms with Crippen molar-refractivity contribution in [3.63, 3.8) is 0 Å². The van der Waals surface area contributed by atoms with E-state index < -0.39 is 12.1 Å². The molecule has 19 heavy (non-hydrogen) atoms. The molecule has 1 rings (SSSR count). The molecule has 2 amide bonds. The van der Waals surface area contributed by atoms with E-state index in [0.717, 1.165) is 13.0 Å². The number of carbonyl (C=O) groups is 2. The minimum Gasteiger partial charge on any atom is -0.366 e. The molecule has 0 spiro atoms. The van der Waals surface area contributed by atoms with Crippen molar-refractivity contribution in [2.24, 2.45) is 0 Å². The molecule has 0 aromatic heterocycles. The van der Waals surface area contributed by atoms with Gasteiger partial charge in [-0.15, -0.1) is 12.4 Å². The summed E-state index contributed by atoms with van der Waals surface area (Å²) >= 11 is 0. The van der Waals surface area contributed by atoms with Gasteiger partial charge in [-0.05, 0) is 20.3 Å². The second-order valence-electron chi connectivity index (χ2n) is 4.61. The maximum Gasteiger partial charge on any atom is 0.251 e. The van der Waals surface area contributed by atoms with Crippen LogP contribution in [0.25, 0.3) is 0 Å². The Bertz CT molecular complexity index is 296. The van der Waals surface area contributed by atoms with Gasteiger partial charge >= 0.3 is 0 Å². The number of morpholine rings is 1. The predicted molar refractivity (Wildman–Crippen MR) is 75.4 cm³/mol. The van der Waals surface area contributed by atoms with Crippen molar-refractivity contribution in [1.82, 2.24) is 16.0 Å². The quantitative estimate of drug-likeness (QED) is 0.657. The van der Waals surface area contributed by atoms with Gasteiger partial charge in [-0.2, -0.15) is 0 Å². The van der Waals surface area contributed by atoms with Crippen LogP contribution in [0.2, 0.25) is 0 Å². The fraction of sp³-hybridized carbons (Fsp3) is 0.833. The zero-order valence-corrected chi connectivity index (χ0v) is 12.5. The van der Waals surface area contributed by atoms with Gasteiger partial charge in [0.25, 0.3) is 5.91 Å². The Labute approximate surface area is 120 Å². The number of hydrogen-bond donors (Lipinski definition) is 3. The third kappa shape index (κ3) is 6.22. The van der Waals surface area contributed by atoms with Crippen LogP contribution in [0.15, 0.2) is 0 Å². The van der Waals surface area contributed by atoms with E-state index in [4.69, 9.17) is 4.74 Å². The molecule has 0 aliphatic carbocycles. The zero-order chi connectivity index (χ0) is 13.5. The molecule has 3 N–H and O–H groups in total. The van der Waals surface area contributed by atoms with Gasteiger partial charge in [-0.25, -0.2) is 0 Å². The first-order valence-corrected chi connectivity index (χ1v) is 6.47. The van der Waals surface area contributed by atoms with E-state index in [0.29, 0.717) is 13.2 Å². The molecule has 7 heteroatoms. The van der Waals surface area contributed by atoms with Crippen molar-refractivity contribution in [2.75, 3.05) is 19.7 Å². The van der Waals surface area contributed by atoms with Crippen LogP contribution >= 0.6 is 12.4 Å². The molecule has 1 aliphatic heterocycles. The summed E-state index contributed by atoms with van der Waals surface area (Å²) < 4.78 is 5.32. The molecule has 1 fully saturated rings. The van der Waals surface area contributed by atoms with E-state index in [-0.39, 0.29) is 30.3 Å². The Balaban J connectivity index is 0.00000324. The van der Waals surface area contributed by atoms with Gasteiger partial charge in [-0.3, -0.25) is 9.59 Å². The normalized spacial score (nSPS) is 21.7. The summed E-state index contributed by atoms with van der Waals surface area (Å²) in [6, 6.07) is -0.429. The highest BCUT2D eigenvalue weighted by atomic mass is 35.5. The predicted octanol–water partition coefficient (Wildman–Crippen LogP) is -0.184. The summed E-state index contributed by atoms with van der Waals surface area (Å²) in [6.07, 6.45) is 0.361. The minimum atomic E-state index is -0.544. The Morgan fingerprint density at radius 1 is 1.37 bits per heavy atom. The number of amides is 2. The summed E-state index contributed by atoms with van der Waals surface area (Å²) in [5.74, 6) is -0.407. The van der Waals surface area contributed by atoms with Gasteiger partial charge in [0, 0.05) is 19.1 Å². The van der Waals surface area contributed by atoms with Crippen molar-refractivity contribution < 1.29 is 14.3 Å². The van der Waals surface area contributed by atoms with Crippen LogP contribution in [0.1, 0.15) is 27.2 Å². The highest BCUT2D eigenvalue weighted by Gasteiger charge is 2.25. The average Bonchev–Trinajstić information content (AvgIpc) is 2.39. The molecule has 0 aromatic rings. The topological polar surface area (TPSA) is 79.5 Å². The molecule has 3 unspecified atom stereocenters. The van der Waals surface area contributed by atoms with E-state index in [1.54, 1.807) is 6.92 Å². The molecule has 1 aliphatic rings. The Morgan fingerprint density at radius 2 is 2.05 bits per heavy atom. The van der Waals surface area contributed by atoms with Gasteiger partial charge in [-0.1, -0.05) is 6.92 Å². The molecule has 1 saturated heterocycles. The van der Waals surface area contributed by atoms with Crippen LogP contribution in [-0.2, 0) is 14.3 Å². The van der Waals surface area contributed by atoms with E-state index in [9.17, 15) is 9.59 Å². The maximum atomic E-state index is 11.8. The summed E-state index contributed by atoms with van der Waals surface area (Å²) in [5.41, 5.74) is 0. The van der Waals surface area contributed by atoms with Gasteiger partial charge in [0.2, 0.25) is 5.91 Å². The first kappa shape index (κ1) is 18.1. The smallest absolute Gasteiger partial charge is 0.251 e. The highest BCUT2D eigenvalue weighted by Crippen LogP contribution is 1.97. The summed E-state index contributed by atoms with van der Waals surface area (Å²) in [4.78, 5) is 23.6. The molecule has 0 radical (unpaired) electrons. The molecular formula is C12H24ClN3O3. The lowest BCUT2D eigenvalue weighted by Crippen LogP contribution is -2.53. The number of nitrogens with one attached hydrogen (secondary N) is 3. The van der Waals surface area contributed by atoms with Crippen LogP contribution < -0.4 is 16.0 Å². The number of halogens is 1. The molecule has 6 nitrogen and oxygen atoms in total. The lowest BCUT2D eigenvalue weighted by molar-refractivity contribution is -0.137. The summed E-state index contributed by atoms with van der Waals surface area (Å²) in [7, 11) is 0. The number of rotatable bonds is 5. The fourth-order valence-electron chi connectivity index (χ4n) is 1.58. The lowest BCUT2D eigenvalue weighted by Gasteiger charge is -2.24. The van der Waals surface area contributed by atoms with Crippen LogP contribution in [0, 0.1) is 0 Å². The first-order valence-electron chi connectivity index (χ1n) is 6.47. The Morgan fingerprint density at radius 3 is 2.58 bits per heavy atom. The fourth-order valence-corrected chi connectivity index (χ4v) is 1.58. The minimum absolute atomic E-state index is 0.